The Balaban J connectivity index is 2.19. The third-order valence-corrected chi connectivity index (χ3v) is 2.32. The van der Waals surface area contributed by atoms with Gasteiger partial charge in [0.05, 0.1) is 0 Å². The first-order valence-electron chi connectivity index (χ1n) is 5.46. The van der Waals surface area contributed by atoms with Crippen LogP contribution in [0.15, 0.2) is 30.3 Å². The van der Waals surface area contributed by atoms with Crippen molar-refractivity contribution in [1.82, 2.24) is 9.97 Å². The Morgan fingerprint density at radius 1 is 1.12 bits per heavy atom. The predicted octanol–water partition coefficient (Wildman–Crippen LogP) is 2.34. The maximum atomic E-state index is 5.65. The van der Waals surface area contributed by atoms with Crippen LogP contribution in [-0.4, -0.2) is 9.97 Å². The Labute approximate surface area is 100 Å². The summed E-state index contributed by atoms with van der Waals surface area (Å²) < 4.78 is 5.65. The van der Waals surface area contributed by atoms with Gasteiger partial charge in [0, 0.05) is 18.3 Å². The third-order valence-electron chi connectivity index (χ3n) is 2.32. The van der Waals surface area contributed by atoms with Crippen molar-refractivity contribution >= 4 is 0 Å². The quantitative estimate of drug-likeness (QED) is 0.877. The molecule has 1 aromatic carbocycles. The van der Waals surface area contributed by atoms with Crippen LogP contribution in [0.25, 0.3) is 0 Å². The number of aryl methyl sites for hydroxylation is 2. The number of nitrogens with zero attached hydrogens (tertiary/aromatic N) is 2. The van der Waals surface area contributed by atoms with Gasteiger partial charge in [-0.25, -0.2) is 4.98 Å². The third kappa shape index (κ3) is 3.01. The van der Waals surface area contributed by atoms with Gasteiger partial charge in [0.25, 0.3) is 0 Å². The molecule has 0 aliphatic rings. The lowest BCUT2D eigenvalue weighted by atomic mass is 10.2. The van der Waals surface area contributed by atoms with Crippen molar-refractivity contribution in [3.8, 4) is 11.6 Å². The van der Waals surface area contributed by atoms with E-state index in [-0.39, 0.29) is 0 Å². The molecule has 2 N–H and O–H groups in total. The molecule has 4 heteroatoms. The number of hydrogen-bond donors (Lipinski definition) is 1. The van der Waals surface area contributed by atoms with Gasteiger partial charge in [0.2, 0.25) is 5.88 Å². The maximum Gasteiger partial charge on any atom is 0.222 e. The van der Waals surface area contributed by atoms with E-state index in [0.29, 0.717) is 18.2 Å². The van der Waals surface area contributed by atoms with Gasteiger partial charge in [0.15, 0.2) is 0 Å². The summed E-state index contributed by atoms with van der Waals surface area (Å²) in [7, 11) is 0. The summed E-state index contributed by atoms with van der Waals surface area (Å²) in [5.74, 6) is 2.02. The molecule has 1 heterocycles. The average molecular weight is 229 g/mol. The molecule has 1 aromatic heterocycles. The fraction of sp³-hybridized carbons (Fsp3) is 0.231. The fourth-order valence-electron chi connectivity index (χ4n) is 1.55. The van der Waals surface area contributed by atoms with E-state index < -0.39 is 0 Å². The van der Waals surface area contributed by atoms with Gasteiger partial charge in [-0.1, -0.05) is 12.1 Å². The molecule has 0 amide bonds. The topological polar surface area (TPSA) is 61.0 Å². The minimum atomic E-state index is 0.534. The zero-order valence-electron chi connectivity index (χ0n) is 9.97. The second-order valence-corrected chi connectivity index (χ2v) is 3.84. The number of hydrogen-bond acceptors (Lipinski definition) is 4. The zero-order chi connectivity index (χ0) is 12.3. The van der Waals surface area contributed by atoms with Crippen LogP contribution >= 0.6 is 0 Å². The summed E-state index contributed by atoms with van der Waals surface area (Å²) in [6, 6.07) is 9.46. The van der Waals surface area contributed by atoms with Crippen molar-refractivity contribution in [2.24, 2.45) is 5.73 Å². The number of aromatic nitrogens is 2. The number of rotatable bonds is 3. The summed E-state index contributed by atoms with van der Waals surface area (Å²) >= 11 is 0. The van der Waals surface area contributed by atoms with E-state index in [4.69, 9.17) is 10.5 Å². The van der Waals surface area contributed by atoms with Crippen molar-refractivity contribution in [3.63, 3.8) is 0 Å². The van der Waals surface area contributed by atoms with Crippen LogP contribution in [0.4, 0.5) is 0 Å². The van der Waals surface area contributed by atoms with Crippen LogP contribution in [0.5, 0.6) is 11.6 Å². The molecule has 2 rings (SSSR count). The Morgan fingerprint density at radius 2 is 1.82 bits per heavy atom. The van der Waals surface area contributed by atoms with Crippen molar-refractivity contribution in [2.45, 2.75) is 20.4 Å². The minimum Gasteiger partial charge on any atom is -0.439 e. The molecule has 2 aromatic rings. The first-order valence-corrected chi connectivity index (χ1v) is 5.46. The molecule has 0 atom stereocenters. The molecule has 0 bridgehead atoms. The molecule has 0 spiro atoms. The van der Waals surface area contributed by atoms with Gasteiger partial charge < -0.3 is 10.5 Å². The molecule has 0 aliphatic heterocycles. The summed E-state index contributed by atoms with van der Waals surface area (Å²) in [5, 5.41) is 0. The molecule has 0 saturated carbocycles. The normalized spacial score (nSPS) is 10.3. The monoisotopic (exact) mass is 229 g/mol. The molecule has 4 nitrogen and oxygen atoms in total. The number of ether oxygens (including phenoxy) is 1. The molecule has 88 valence electrons. The average Bonchev–Trinajstić information content (AvgIpc) is 2.28. The van der Waals surface area contributed by atoms with Gasteiger partial charge in [-0.15, -0.1) is 0 Å². The van der Waals surface area contributed by atoms with Crippen molar-refractivity contribution in [3.05, 3.63) is 47.4 Å². The smallest absolute Gasteiger partial charge is 0.222 e. The van der Waals surface area contributed by atoms with E-state index in [0.717, 1.165) is 17.0 Å². The van der Waals surface area contributed by atoms with Gasteiger partial charge in [-0.3, -0.25) is 0 Å². The van der Waals surface area contributed by atoms with Crippen LogP contribution in [0, 0.1) is 13.8 Å². The summed E-state index contributed by atoms with van der Waals surface area (Å²) in [4.78, 5) is 8.41. The van der Waals surface area contributed by atoms with Crippen LogP contribution in [0.1, 0.15) is 17.1 Å². The fourth-order valence-corrected chi connectivity index (χ4v) is 1.55. The van der Waals surface area contributed by atoms with Gasteiger partial charge in [0.1, 0.15) is 11.6 Å². The van der Waals surface area contributed by atoms with E-state index in [1.54, 1.807) is 0 Å². The molecule has 0 saturated heterocycles. The van der Waals surface area contributed by atoms with Crippen LogP contribution in [0.2, 0.25) is 0 Å². The molecule has 0 radical (unpaired) electrons. The van der Waals surface area contributed by atoms with E-state index in [9.17, 15) is 0 Å². The highest BCUT2D eigenvalue weighted by Crippen LogP contribution is 2.20. The van der Waals surface area contributed by atoms with Crippen LogP contribution < -0.4 is 10.5 Å². The molecular weight excluding hydrogens is 214 g/mol. The first kappa shape index (κ1) is 11.5. The lowest BCUT2D eigenvalue weighted by molar-refractivity contribution is 0.459. The number of benzene rings is 1. The molecule has 17 heavy (non-hydrogen) atoms. The van der Waals surface area contributed by atoms with Crippen molar-refractivity contribution in [2.75, 3.05) is 0 Å². The summed E-state index contributed by atoms with van der Waals surface area (Å²) in [6.45, 7) is 4.29. The standard InChI is InChI=1S/C13H15N3O/c1-9-7-13(16-10(2)15-9)17-12-5-3-11(8-14)4-6-12/h3-7H,8,14H2,1-2H3. The Bertz CT molecular complexity index is 488. The predicted molar refractivity (Wildman–Crippen MR) is 65.9 cm³/mol. The Kier molecular flexibility index (Phi) is 3.35. The lowest BCUT2D eigenvalue weighted by Gasteiger charge is -2.06. The minimum absolute atomic E-state index is 0.534. The van der Waals surface area contributed by atoms with Gasteiger partial charge >= 0.3 is 0 Å². The molecule has 0 aliphatic carbocycles. The van der Waals surface area contributed by atoms with E-state index in [1.807, 2.05) is 44.2 Å². The SMILES string of the molecule is Cc1cc(Oc2ccc(CN)cc2)nc(C)n1. The summed E-state index contributed by atoms with van der Waals surface area (Å²) in [6.07, 6.45) is 0. The lowest BCUT2D eigenvalue weighted by Crippen LogP contribution is -1.97. The maximum absolute atomic E-state index is 5.65. The second kappa shape index (κ2) is 4.93. The molecular formula is C13H15N3O. The zero-order valence-corrected chi connectivity index (χ0v) is 9.97. The van der Waals surface area contributed by atoms with E-state index in [2.05, 4.69) is 9.97 Å². The highest BCUT2D eigenvalue weighted by molar-refractivity contribution is 5.30. The van der Waals surface area contributed by atoms with Gasteiger partial charge in [-0.05, 0) is 31.5 Å². The van der Waals surface area contributed by atoms with Crippen LogP contribution in [0.3, 0.4) is 0 Å². The largest absolute Gasteiger partial charge is 0.439 e. The Morgan fingerprint density at radius 3 is 2.41 bits per heavy atom. The van der Waals surface area contributed by atoms with Gasteiger partial charge in [-0.2, -0.15) is 4.98 Å². The van der Waals surface area contributed by atoms with E-state index >= 15 is 0 Å². The Hall–Kier alpha value is -1.94. The first-order chi connectivity index (χ1) is 8.17. The summed E-state index contributed by atoms with van der Waals surface area (Å²) in [5.41, 5.74) is 7.50. The number of nitrogens with two attached hydrogens (primary N) is 1. The molecule has 0 unspecified atom stereocenters. The van der Waals surface area contributed by atoms with Crippen molar-refractivity contribution in [1.29, 1.82) is 0 Å². The molecule has 0 fully saturated rings. The van der Waals surface area contributed by atoms with E-state index in [1.165, 1.54) is 0 Å². The highest BCUT2D eigenvalue weighted by atomic mass is 16.5. The second-order valence-electron chi connectivity index (χ2n) is 3.84. The van der Waals surface area contributed by atoms with Crippen molar-refractivity contribution < 1.29 is 4.74 Å². The highest BCUT2D eigenvalue weighted by Gasteiger charge is 2.01. The van der Waals surface area contributed by atoms with Crippen LogP contribution in [-0.2, 0) is 6.54 Å².